The second kappa shape index (κ2) is 7.78. The number of nitrogens with zero attached hydrogens (tertiary/aromatic N) is 1. The van der Waals surface area contributed by atoms with Crippen molar-refractivity contribution in [1.82, 2.24) is 10.2 Å². The molecule has 0 aliphatic carbocycles. The van der Waals surface area contributed by atoms with Crippen molar-refractivity contribution in [2.45, 2.75) is 52.0 Å². The first-order chi connectivity index (χ1) is 10.1. The Bertz CT molecular complexity index is 361. The maximum absolute atomic E-state index is 12.6. The number of rotatable bonds is 5. The van der Waals surface area contributed by atoms with Gasteiger partial charge in [-0.3, -0.25) is 4.79 Å². The number of ether oxygens (including phenoxy) is 1. The Morgan fingerprint density at radius 3 is 2.43 bits per heavy atom. The summed E-state index contributed by atoms with van der Waals surface area (Å²) in [6, 6.07) is -0.419. The van der Waals surface area contributed by atoms with E-state index in [1.165, 1.54) is 0 Å². The fourth-order valence-corrected chi connectivity index (χ4v) is 3.12. The lowest BCUT2D eigenvalue weighted by Crippen LogP contribution is -2.52. The van der Waals surface area contributed by atoms with E-state index in [1.807, 2.05) is 18.7 Å². The molecule has 2 aliphatic rings. The second-order valence-electron chi connectivity index (χ2n) is 6.28. The molecule has 2 atom stereocenters. The minimum atomic E-state index is -0.350. The van der Waals surface area contributed by atoms with Crippen LogP contribution in [0.2, 0.25) is 0 Å². The van der Waals surface area contributed by atoms with Crippen LogP contribution in [0.4, 0.5) is 4.79 Å². The number of urea groups is 1. The Balaban J connectivity index is 2.03. The van der Waals surface area contributed by atoms with Crippen LogP contribution in [-0.2, 0) is 9.53 Å². The Morgan fingerprint density at radius 2 is 1.86 bits per heavy atom. The molecule has 2 fully saturated rings. The van der Waals surface area contributed by atoms with Crippen molar-refractivity contribution in [3.05, 3.63) is 0 Å². The summed E-state index contributed by atoms with van der Waals surface area (Å²) in [6.45, 7) is 6.97. The third-order valence-electron chi connectivity index (χ3n) is 4.81. The van der Waals surface area contributed by atoms with Crippen LogP contribution >= 0.6 is 0 Å². The molecule has 2 heterocycles. The highest BCUT2D eigenvalue weighted by molar-refractivity contribution is 5.90. The zero-order chi connectivity index (χ0) is 15.2. The molecule has 21 heavy (non-hydrogen) atoms. The van der Waals surface area contributed by atoms with Crippen LogP contribution in [0, 0.1) is 11.8 Å². The molecule has 1 N–H and O–H groups in total. The van der Waals surface area contributed by atoms with E-state index in [0.717, 1.165) is 45.2 Å². The second-order valence-corrected chi connectivity index (χ2v) is 6.28. The van der Waals surface area contributed by atoms with Gasteiger partial charge in [0, 0.05) is 32.2 Å². The van der Waals surface area contributed by atoms with E-state index < -0.39 is 0 Å². The van der Waals surface area contributed by atoms with E-state index in [1.54, 1.807) is 0 Å². The molecule has 2 amide bonds. The summed E-state index contributed by atoms with van der Waals surface area (Å²) in [6.07, 6.45) is 4.65. The summed E-state index contributed by atoms with van der Waals surface area (Å²) >= 11 is 0. The fourth-order valence-electron chi connectivity index (χ4n) is 3.12. The monoisotopic (exact) mass is 296 g/mol. The first-order valence-electron chi connectivity index (χ1n) is 8.30. The number of amides is 2. The van der Waals surface area contributed by atoms with Gasteiger partial charge in [-0.2, -0.15) is 0 Å². The molecular weight excluding hydrogens is 268 g/mol. The molecule has 5 heteroatoms. The summed E-state index contributed by atoms with van der Waals surface area (Å²) in [5, 5.41) is 3.03. The lowest BCUT2D eigenvalue weighted by atomic mass is 9.84. The SMILES string of the molecule is CCC(C)C(=O)[C@@H](NC(=O)N1CCCC1)C1CCOCC1. The van der Waals surface area contributed by atoms with Gasteiger partial charge in [0.1, 0.15) is 0 Å². The highest BCUT2D eigenvalue weighted by Gasteiger charge is 2.34. The molecule has 2 aliphatic heterocycles. The first-order valence-corrected chi connectivity index (χ1v) is 8.30. The molecule has 0 saturated carbocycles. The molecule has 2 rings (SSSR count). The van der Waals surface area contributed by atoms with Gasteiger partial charge >= 0.3 is 6.03 Å². The number of carbonyl (C=O) groups is 2. The van der Waals surface area contributed by atoms with Crippen LogP contribution in [0.15, 0.2) is 0 Å². The lowest BCUT2D eigenvalue weighted by Gasteiger charge is -2.32. The quantitative estimate of drug-likeness (QED) is 0.846. The summed E-state index contributed by atoms with van der Waals surface area (Å²) in [5.74, 6) is 0.389. The maximum Gasteiger partial charge on any atom is 0.317 e. The topological polar surface area (TPSA) is 58.6 Å². The zero-order valence-corrected chi connectivity index (χ0v) is 13.3. The van der Waals surface area contributed by atoms with E-state index in [2.05, 4.69) is 5.32 Å². The van der Waals surface area contributed by atoms with Crippen molar-refractivity contribution >= 4 is 11.8 Å². The minimum absolute atomic E-state index is 0.00303. The average Bonchev–Trinajstić information content (AvgIpc) is 3.06. The molecule has 0 aromatic rings. The summed E-state index contributed by atoms with van der Waals surface area (Å²) in [4.78, 5) is 26.8. The molecule has 1 unspecified atom stereocenters. The van der Waals surface area contributed by atoms with Gasteiger partial charge in [-0.1, -0.05) is 13.8 Å². The molecule has 0 bridgehead atoms. The van der Waals surface area contributed by atoms with Gasteiger partial charge in [0.2, 0.25) is 0 Å². The molecule has 0 spiro atoms. The van der Waals surface area contributed by atoms with Gasteiger partial charge in [-0.05, 0) is 38.0 Å². The van der Waals surface area contributed by atoms with Crippen molar-refractivity contribution in [2.24, 2.45) is 11.8 Å². The van der Waals surface area contributed by atoms with Gasteiger partial charge in [-0.25, -0.2) is 4.79 Å². The number of ketones is 1. The molecule has 0 aromatic carbocycles. The Hall–Kier alpha value is -1.10. The predicted molar refractivity (Wildman–Crippen MR) is 81.1 cm³/mol. The van der Waals surface area contributed by atoms with Crippen LogP contribution in [0.1, 0.15) is 46.0 Å². The highest BCUT2D eigenvalue weighted by Crippen LogP contribution is 2.23. The summed E-state index contributed by atoms with van der Waals surface area (Å²) < 4.78 is 5.39. The number of Topliss-reactive ketones (excluding diaryl/α,β-unsaturated/α-hetero) is 1. The average molecular weight is 296 g/mol. The van der Waals surface area contributed by atoms with Gasteiger partial charge in [-0.15, -0.1) is 0 Å². The molecule has 0 aromatic heterocycles. The number of likely N-dealkylation sites (tertiary alicyclic amines) is 1. The normalized spacial score (nSPS) is 22.9. The van der Waals surface area contributed by atoms with E-state index in [9.17, 15) is 9.59 Å². The highest BCUT2D eigenvalue weighted by atomic mass is 16.5. The largest absolute Gasteiger partial charge is 0.381 e. The van der Waals surface area contributed by atoms with Crippen LogP contribution in [-0.4, -0.2) is 49.1 Å². The number of nitrogens with one attached hydrogen (secondary N) is 1. The Morgan fingerprint density at radius 1 is 1.24 bits per heavy atom. The Kier molecular flexibility index (Phi) is 6.03. The molecule has 5 nitrogen and oxygen atoms in total. The summed E-state index contributed by atoms with van der Waals surface area (Å²) in [7, 11) is 0. The van der Waals surface area contributed by atoms with Crippen LogP contribution in [0.25, 0.3) is 0 Å². The zero-order valence-electron chi connectivity index (χ0n) is 13.3. The number of hydrogen-bond donors (Lipinski definition) is 1. The van der Waals surface area contributed by atoms with E-state index >= 15 is 0 Å². The first kappa shape index (κ1) is 16.3. The molecule has 120 valence electrons. The minimum Gasteiger partial charge on any atom is -0.381 e. The molecular formula is C16H28N2O3. The van der Waals surface area contributed by atoms with E-state index in [0.29, 0.717) is 13.2 Å². The van der Waals surface area contributed by atoms with Crippen LogP contribution in [0.5, 0.6) is 0 Å². The van der Waals surface area contributed by atoms with Crippen molar-refractivity contribution < 1.29 is 14.3 Å². The Labute approximate surface area is 127 Å². The number of hydrogen-bond acceptors (Lipinski definition) is 3. The van der Waals surface area contributed by atoms with Gasteiger partial charge in [0.15, 0.2) is 5.78 Å². The van der Waals surface area contributed by atoms with Gasteiger partial charge in [0.25, 0.3) is 0 Å². The smallest absolute Gasteiger partial charge is 0.317 e. The van der Waals surface area contributed by atoms with Crippen molar-refractivity contribution in [3.63, 3.8) is 0 Å². The van der Waals surface area contributed by atoms with Crippen LogP contribution in [0.3, 0.4) is 0 Å². The standard InChI is InChI=1S/C16H28N2O3/c1-3-12(2)15(19)14(13-6-10-21-11-7-13)17-16(20)18-8-4-5-9-18/h12-14H,3-11H2,1-2H3,(H,17,20)/t12?,14-/m0/s1. The van der Waals surface area contributed by atoms with Gasteiger partial charge in [0.05, 0.1) is 6.04 Å². The third kappa shape index (κ3) is 4.19. The van der Waals surface area contributed by atoms with Crippen molar-refractivity contribution in [2.75, 3.05) is 26.3 Å². The molecule has 0 radical (unpaired) electrons. The summed E-state index contributed by atoms with van der Waals surface area (Å²) in [5.41, 5.74) is 0. The van der Waals surface area contributed by atoms with E-state index in [-0.39, 0.29) is 29.7 Å². The number of carbonyl (C=O) groups excluding carboxylic acids is 2. The van der Waals surface area contributed by atoms with Gasteiger partial charge < -0.3 is 15.0 Å². The fraction of sp³-hybridized carbons (Fsp3) is 0.875. The third-order valence-corrected chi connectivity index (χ3v) is 4.81. The van der Waals surface area contributed by atoms with Crippen LogP contribution < -0.4 is 5.32 Å². The predicted octanol–water partition coefficient (Wildman–Crippen LogP) is 2.20. The van der Waals surface area contributed by atoms with E-state index in [4.69, 9.17) is 4.74 Å². The van der Waals surface area contributed by atoms with Crippen molar-refractivity contribution in [3.8, 4) is 0 Å². The molecule has 2 saturated heterocycles. The van der Waals surface area contributed by atoms with Crippen molar-refractivity contribution in [1.29, 1.82) is 0 Å². The maximum atomic E-state index is 12.6. The lowest BCUT2D eigenvalue weighted by molar-refractivity contribution is -0.126.